The molecule has 1 saturated heterocycles. The van der Waals surface area contributed by atoms with Crippen molar-refractivity contribution in [3.8, 4) is 0 Å². The Kier molecular flexibility index (Phi) is 6.88. The lowest BCUT2D eigenvalue weighted by Crippen LogP contribution is -2.52. The number of hydrogen-bond acceptors (Lipinski definition) is 4. The van der Waals surface area contributed by atoms with Crippen LogP contribution in [0.3, 0.4) is 0 Å². The van der Waals surface area contributed by atoms with E-state index < -0.39 is 11.8 Å². The van der Waals surface area contributed by atoms with Crippen LogP contribution in [-0.2, 0) is 9.59 Å². The first-order valence-corrected chi connectivity index (χ1v) is 11.2. The molecule has 2 aliphatic heterocycles. The summed E-state index contributed by atoms with van der Waals surface area (Å²) in [5.41, 5.74) is 1.44. The molecule has 2 N–H and O–H groups in total. The molecule has 2 heterocycles. The number of fused-ring (bicyclic) bond motifs is 1. The highest BCUT2D eigenvalue weighted by Crippen LogP contribution is 2.33. The number of para-hydroxylation sites is 2. The van der Waals surface area contributed by atoms with Crippen molar-refractivity contribution < 1.29 is 18.8 Å². The molecule has 0 spiro atoms. The van der Waals surface area contributed by atoms with E-state index in [4.69, 9.17) is 0 Å². The fourth-order valence-corrected chi connectivity index (χ4v) is 4.41. The second-order valence-corrected chi connectivity index (χ2v) is 8.22. The maximum absolute atomic E-state index is 13.1. The minimum Gasteiger partial charge on any atom is -0.353 e. The molecule has 0 bridgehead atoms. The molecular weight excluding hydrogens is 425 g/mol. The number of benzene rings is 2. The van der Waals surface area contributed by atoms with Crippen LogP contribution < -0.4 is 20.4 Å². The summed E-state index contributed by atoms with van der Waals surface area (Å²) in [5.74, 6) is -0.991. The van der Waals surface area contributed by atoms with Gasteiger partial charge in [-0.1, -0.05) is 19.1 Å². The van der Waals surface area contributed by atoms with Gasteiger partial charge in [-0.15, -0.1) is 0 Å². The number of amides is 4. The molecule has 4 rings (SSSR count). The molecule has 9 heteroatoms. The van der Waals surface area contributed by atoms with Crippen LogP contribution in [0.5, 0.6) is 0 Å². The van der Waals surface area contributed by atoms with Gasteiger partial charge in [-0.25, -0.2) is 9.18 Å². The van der Waals surface area contributed by atoms with Crippen LogP contribution in [0.4, 0.5) is 26.2 Å². The van der Waals surface area contributed by atoms with E-state index in [9.17, 15) is 18.8 Å². The molecule has 0 saturated carbocycles. The number of nitrogens with one attached hydrogen (secondary N) is 2. The maximum Gasteiger partial charge on any atom is 0.326 e. The fraction of sp³-hybridized carbons (Fsp3) is 0.375. The van der Waals surface area contributed by atoms with Gasteiger partial charge in [-0.2, -0.15) is 0 Å². The number of nitrogens with zero attached hydrogens (tertiary/aromatic N) is 3. The van der Waals surface area contributed by atoms with Gasteiger partial charge in [0.15, 0.2) is 0 Å². The Morgan fingerprint density at radius 1 is 1.09 bits per heavy atom. The van der Waals surface area contributed by atoms with Crippen molar-refractivity contribution in [3.63, 3.8) is 0 Å². The summed E-state index contributed by atoms with van der Waals surface area (Å²) < 4.78 is 13.1. The highest BCUT2D eigenvalue weighted by atomic mass is 19.1. The minimum absolute atomic E-state index is 0.109. The number of anilines is 3. The topological polar surface area (TPSA) is 85.0 Å². The number of rotatable bonds is 6. The van der Waals surface area contributed by atoms with Crippen LogP contribution in [0.2, 0.25) is 0 Å². The molecule has 0 radical (unpaired) electrons. The molecule has 2 aromatic rings. The van der Waals surface area contributed by atoms with E-state index in [0.29, 0.717) is 29.6 Å². The number of likely N-dealkylation sites (N-methyl/N-ethyl adjacent to an activating group) is 1. The minimum atomic E-state index is -0.507. The van der Waals surface area contributed by atoms with Crippen LogP contribution in [0.1, 0.15) is 19.8 Å². The Morgan fingerprint density at radius 3 is 2.55 bits per heavy atom. The highest BCUT2D eigenvalue weighted by Gasteiger charge is 2.33. The molecule has 4 amide bonds. The first-order valence-electron chi connectivity index (χ1n) is 11.2. The second kappa shape index (κ2) is 9.99. The molecule has 33 heavy (non-hydrogen) atoms. The van der Waals surface area contributed by atoms with Crippen molar-refractivity contribution in [2.75, 3.05) is 47.8 Å². The predicted octanol–water partition coefficient (Wildman–Crippen LogP) is 2.81. The summed E-state index contributed by atoms with van der Waals surface area (Å²) in [6, 6.07) is 12.2. The highest BCUT2D eigenvalue weighted by molar-refractivity contribution is 6.14. The average Bonchev–Trinajstić information content (AvgIpc) is 3.28. The molecule has 0 aliphatic carbocycles. The fourth-order valence-electron chi connectivity index (χ4n) is 4.41. The Hall–Kier alpha value is -3.46. The van der Waals surface area contributed by atoms with E-state index >= 15 is 0 Å². The van der Waals surface area contributed by atoms with E-state index in [1.807, 2.05) is 0 Å². The van der Waals surface area contributed by atoms with Crippen LogP contribution in [0, 0.1) is 5.82 Å². The van der Waals surface area contributed by atoms with Crippen molar-refractivity contribution in [2.24, 2.45) is 0 Å². The maximum atomic E-state index is 13.1. The van der Waals surface area contributed by atoms with Crippen molar-refractivity contribution in [3.05, 3.63) is 54.3 Å². The first kappa shape index (κ1) is 22.7. The van der Waals surface area contributed by atoms with Crippen molar-refractivity contribution in [1.29, 1.82) is 0 Å². The summed E-state index contributed by atoms with van der Waals surface area (Å²) in [6.45, 7) is 4.36. The van der Waals surface area contributed by atoms with Gasteiger partial charge in [0, 0.05) is 18.3 Å². The van der Waals surface area contributed by atoms with Gasteiger partial charge in [-0.05, 0) is 62.3 Å². The van der Waals surface area contributed by atoms with Gasteiger partial charge in [0.05, 0.1) is 11.4 Å². The van der Waals surface area contributed by atoms with Crippen molar-refractivity contribution in [2.45, 2.75) is 25.8 Å². The molecular formula is C24H28FN5O3. The van der Waals surface area contributed by atoms with Crippen LogP contribution >= 0.6 is 0 Å². The van der Waals surface area contributed by atoms with Gasteiger partial charge in [-0.3, -0.25) is 24.3 Å². The Bertz CT molecular complexity index is 1030. The summed E-state index contributed by atoms with van der Waals surface area (Å²) in [5, 5.41) is 5.64. The molecule has 1 fully saturated rings. The Balaban J connectivity index is 1.44. The zero-order chi connectivity index (χ0) is 23.4. The first-order chi connectivity index (χ1) is 16.0. The lowest BCUT2D eigenvalue weighted by Gasteiger charge is -2.35. The number of likely N-dealkylation sites (tertiary alicyclic amines) is 1. The van der Waals surface area contributed by atoms with Crippen molar-refractivity contribution in [1.82, 2.24) is 10.2 Å². The van der Waals surface area contributed by atoms with E-state index in [1.165, 1.54) is 34.1 Å². The molecule has 8 nitrogen and oxygen atoms in total. The SMILES string of the molecule is CCN1CCC[C@@H]1CNC(=O)CN1C(=O)CN(C(=O)Nc2ccc(F)cc2)c2ccccc21. The van der Waals surface area contributed by atoms with E-state index in [1.54, 1.807) is 24.3 Å². The zero-order valence-electron chi connectivity index (χ0n) is 18.6. The molecule has 174 valence electrons. The number of hydrogen-bond donors (Lipinski definition) is 2. The van der Waals surface area contributed by atoms with Crippen LogP contribution in [-0.4, -0.2) is 61.5 Å². The largest absolute Gasteiger partial charge is 0.353 e. The molecule has 2 aromatic carbocycles. The monoisotopic (exact) mass is 453 g/mol. The smallest absolute Gasteiger partial charge is 0.326 e. The standard InChI is InChI=1S/C24H28FN5O3/c1-2-28-13-5-6-19(28)14-26-22(31)15-29-20-7-3-4-8-21(20)30(16-23(29)32)24(33)27-18-11-9-17(25)10-12-18/h3-4,7-12,19H,2,5-6,13-16H2,1H3,(H,26,31)(H,27,33)/t19-/m1/s1. The summed E-state index contributed by atoms with van der Waals surface area (Å²) >= 11 is 0. The average molecular weight is 454 g/mol. The Morgan fingerprint density at radius 2 is 1.82 bits per heavy atom. The van der Waals surface area contributed by atoms with Gasteiger partial charge >= 0.3 is 6.03 Å². The number of urea groups is 1. The summed E-state index contributed by atoms with van der Waals surface area (Å²) in [7, 11) is 0. The van der Waals surface area contributed by atoms with Gasteiger partial charge in [0.1, 0.15) is 18.9 Å². The Labute approximate surface area is 192 Å². The number of carbonyl (C=O) groups is 3. The van der Waals surface area contributed by atoms with E-state index in [2.05, 4.69) is 22.5 Å². The van der Waals surface area contributed by atoms with Gasteiger partial charge in [0.2, 0.25) is 11.8 Å². The summed E-state index contributed by atoms with van der Waals surface area (Å²) in [6.07, 6.45) is 2.18. The third-order valence-corrected chi connectivity index (χ3v) is 6.14. The van der Waals surface area contributed by atoms with Crippen molar-refractivity contribution >= 4 is 34.9 Å². The molecule has 2 aliphatic rings. The third kappa shape index (κ3) is 5.14. The zero-order valence-corrected chi connectivity index (χ0v) is 18.6. The predicted molar refractivity (Wildman–Crippen MR) is 125 cm³/mol. The quantitative estimate of drug-likeness (QED) is 0.705. The second-order valence-electron chi connectivity index (χ2n) is 8.22. The molecule has 1 atom stereocenters. The number of halogens is 1. The normalized spacial score (nSPS) is 18.2. The number of carbonyl (C=O) groups excluding carboxylic acids is 3. The third-order valence-electron chi connectivity index (χ3n) is 6.14. The molecule has 0 unspecified atom stereocenters. The van der Waals surface area contributed by atoms with E-state index in [-0.39, 0.29) is 24.9 Å². The van der Waals surface area contributed by atoms with Gasteiger partial charge < -0.3 is 10.6 Å². The van der Waals surface area contributed by atoms with Crippen LogP contribution in [0.25, 0.3) is 0 Å². The lowest BCUT2D eigenvalue weighted by atomic mass is 10.1. The summed E-state index contributed by atoms with van der Waals surface area (Å²) in [4.78, 5) is 43.5. The lowest BCUT2D eigenvalue weighted by molar-refractivity contribution is -0.123. The van der Waals surface area contributed by atoms with Crippen LogP contribution in [0.15, 0.2) is 48.5 Å². The van der Waals surface area contributed by atoms with Gasteiger partial charge in [0.25, 0.3) is 0 Å². The van der Waals surface area contributed by atoms with E-state index in [0.717, 1.165) is 25.9 Å². The molecule has 0 aromatic heterocycles.